The highest BCUT2D eigenvalue weighted by atomic mass is 16.5. The number of nitrogens with zero attached hydrogens (tertiary/aromatic N) is 2. The highest BCUT2D eigenvalue weighted by Gasteiger charge is 2.20. The zero-order valence-corrected chi connectivity index (χ0v) is 14.9. The Kier molecular flexibility index (Phi) is 5.03. The number of pyridine rings is 1. The lowest BCUT2D eigenvalue weighted by Gasteiger charge is -2.08. The molecule has 1 amide bonds. The first-order valence-electron chi connectivity index (χ1n) is 8.70. The van der Waals surface area contributed by atoms with Crippen molar-refractivity contribution in [1.82, 2.24) is 9.38 Å². The van der Waals surface area contributed by atoms with Crippen molar-refractivity contribution in [2.24, 2.45) is 0 Å². The molecule has 0 aliphatic carbocycles. The molecule has 3 aromatic rings. The second-order valence-corrected chi connectivity index (χ2v) is 5.76. The van der Waals surface area contributed by atoms with E-state index < -0.39 is 0 Å². The summed E-state index contributed by atoms with van der Waals surface area (Å²) in [6.07, 6.45) is 3.49. The molecule has 0 atom stereocenters. The average molecular weight is 337 g/mol. The summed E-state index contributed by atoms with van der Waals surface area (Å²) in [5.74, 6) is 0.522. The van der Waals surface area contributed by atoms with Crippen LogP contribution in [0, 0.1) is 0 Å². The number of ether oxygens (including phenoxy) is 1. The van der Waals surface area contributed by atoms with Crippen LogP contribution in [0.4, 0.5) is 5.69 Å². The van der Waals surface area contributed by atoms with Gasteiger partial charge in [-0.05, 0) is 49.6 Å². The van der Waals surface area contributed by atoms with Gasteiger partial charge in [-0.3, -0.25) is 9.20 Å². The van der Waals surface area contributed by atoms with Gasteiger partial charge in [0.1, 0.15) is 5.69 Å². The minimum absolute atomic E-state index is 0.165. The number of benzene rings is 1. The normalized spacial score (nSPS) is 10.8. The van der Waals surface area contributed by atoms with E-state index >= 15 is 0 Å². The van der Waals surface area contributed by atoms with E-state index in [-0.39, 0.29) is 5.91 Å². The van der Waals surface area contributed by atoms with E-state index in [1.807, 2.05) is 56.4 Å². The van der Waals surface area contributed by atoms with E-state index in [4.69, 9.17) is 4.74 Å². The molecule has 0 radical (unpaired) electrons. The largest absolute Gasteiger partial charge is 0.490 e. The number of rotatable bonds is 6. The molecular weight excluding hydrogens is 314 g/mol. The number of nitrogens with one attached hydrogen (secondary N) is 1. The second kappa shape index (κ2) is 7.38. The van der Waals surface area contributed by atoms with Crippen LogP contribution in [-0.2, 0) is 12.8 Å². The molecule has 0 aliphatic heterocycles. The maximum atomic E-state index is 12.9. The molecule has 1 N–H and O–H groups in total. The minimum Gasteiger partial charge on any atom is -0.490 e. The maximum Gasteiger partial charge on any atom is 0.274 e. The van der Waals surface area contributed by atoms with Crippen LogP contribution in [0.15, 0.2) is 42.6 Å². The number of imidazole rings is 1. The minimum atomic E-state index is -0.165. The van der Waals surface area contributed by atoms with Crippen LogP contribution in [0.25, 0.3) is 5.65 Å². The van der Waals surface area contributed by atoms with Crippen LogP contribution in [0.5, 0.6) is 5.75 Å². The Hall–Kier alpha value is -2.82. The Balaban J connectivity index is 1.98. The van der Waals surface area contributed by atoms with Gasteiger partial charge < -0.3 is 10.1 Å². The van der Waals surface area contributed by atoms with Crippen LogP contribution in [0.2, 0.25) is 0 Å². The lowest BCUT2D eigenvalue weighted by Crippen LogP contribution is -2.16. The van der Waals surface area contributed by atoms with Gasteiger partial charge in [0.2, 0.25) is 0 Å². The summed E-state index contributed by atoms with van der Waals surface area (Å²) in [5.41, 5.74) is 4.00. The van der Waals surface area contributed by atoms with E-state index in [1.54, 1.807) is 4.40 Å². The fourth-order valence-electron chi connectivity index (χ4n) is 2.86. The Morgan fingerprint density at radius 2 is 1.88 bits per heavy atom. The third kappa shape index (κ3) is 3.36. The van der Waals surface area contributed by atoms with Gasteiger partial charge in [-0.2, -0.15) is 0 Å². The van der Waals surface area contributed by atoms with Crippen molar-refractivity contribution in [3.8, 4) is 5.75 Å². The number of carbonyl (C=O) groups is 1. The summed E-state index contributed by atoms with van der Waals surface area (Å²) in [7, 11) is 0. The zero-order chi connectivity index (χ0) is 17.8. The molecule has 0 unspecified atom stereocenters. The van der Waals surface area contributed by atoms with Gasteiger partial charge in [-0.25, -0.2) is 4.98 Å². The molecule has 3 rings (SSSR count). The third-order valence-corrected chi connectivity index (χ3v) is 4.16. The van der Waals surface area contributed by atoms with E-state index in [0.717, 1.165) is 17.8 Å². The quantitative estimate of drug-likeness (QED) is 0.736. The molecule has 0 saturated carbocycles. The molecule has 130 valence electrons. The fraction of sp³-hybridized carbons (Fsp3) is 0.300. The Bertz CT molecular complexity index is 882. The molecule has 0 fully saturated rings. The molecule has 2 heterocycles. The summed E-state index contributed by atoms with van der Waals surface area (Å²) in [5, 5.41) is 2.97. The molecule has 1 aromatic carbocycles. The van der Waals surface area contributed by atoms with E-state index in [0.29, 0.717) is 30.1 Å². The number of aryl methyl sites for hydroxylation is 2. The van der Waals surface area contributed by atoms with E-state index in [9.17, 15) is 4.79 Å². The lowest BCUT2D eigenvalue weighted by atomic mass is 10.1. The van der Waals surface area contributed by atoms with Crippen molar-refractivity contribution >= 4 is 17.2 Å². The van der Waals surface area contributed by atoms with Crippen molar-refractivity contribution in [3.63, 3.8) is 0 Å². The standard InChI is InChI=1S/C20H23N3O2/c1-4-14-9-11-15(12-10-14)21-20(24)18-16(5-2)22-19-17(25-6-3)8-7-13-23(18)19/h7-13H,4-6H2,1-3H3,(H,21,24). The molecule has 5 nitrogen and oxygen atoms in total. The molecule has 0 aliphatic rings. The van der Waals surface area contributed by atoms with Gasteiger partial charge in [0, 0.05) is 11.9 Å². The second-order valence-electron chi connectivity index (χ2n) is 5.76. The molecular formula is C20H23N3O2. The summed E-state index contributed by atoms with van der Waals surface area (Å²) in [4.78, 5) is 17.5. The zero-order valence-electron chi connectivity index (χ0n) is 14.9. The maximum absolute atomic E-state index is 12.9. The van der Waals surface area contributed by atoms with Gasteiger partial charge in [-0.1, -0.05) is 26.0 Å². The number of hydrogen-bond donors (Lipinski definition) is 1. The number of hydrogen-bond acceptors (Lipinski definition) is 3. The predicted octanol–water partition coefficient (Wildman–Crippen LogP) is 4.11. The summed E-state index contributed by atoms with van der Waals surface area (Å²) in [6, 6.07) is 11.6. The van der Waals surface area contributed by atoms with Crippen molar-refractivity contribution in [2.45, 2.75) is 33.6 Å². The topological polar surface area (TPSA) is 55.6 Å². The highest BCUT2D eigenvalue weighted by Crippen LogP contribution is 2.23. The van der Waals surface area contributed by atoms with Gasteiger partial charge in [-0.15, -0.1) is 0 Å². The van der Waals surface area contributed by atoms with Gasteiger partial charge in [0.15, 0.2) is 11.4 Å². The average Bonchev–Trinajstić information content (AvgIpc) is 3.02. The van der Waals surface area contributed by atoms with Crippen LogP contribution < -0.4 is 10.1 Å². The third-order valence-electron chi connectivity index (χ3n) is 4.16. The van der Waals surface area contributed by atoms with E-state index in [2.05, 4.69) is 17.2 Å². The van der Waals surface area contributed by atoms with Gasteiger partial charge >= 0.3 is 0 Å². The number of amides is 1. The number of fused-ring (bicyclic) bond motifs is 1. The Morgan fingerprint density at radius 1 is 1.12 bits per heavy atom. The SMILES string of the molecule is CCOc1cccn2c(C(=O)Nc3ccc(CC)cc3)c(CC)nc12. The van der Waals surface area contributed by atoms with Gasteiger partial charge in [0.05, 0.1) is 12.3 Å². The van der Waals surface area contributed by atoms with Crippen LogP contribution in [-0.4, -0.2) is 21.9 Å². The van der Waals surface area contributed by atoms with Crippen molar-refractivity contribution in [2.75, 3.05) is 11.9 Å². The fourth-order valence-corrected chi connectivity index (χ4v) is 2.86. The summed E-state index contributed by atoms with van der Waals surface area (Å²) in [6.45, 7) is 6.59. The van der Waals surface area contributed by atoms with Crippen molar-refractivity contribution in [3.05, 3.63) is 59.5 Å². The highest BCUT2D eigenvalue weighted by molar-refractivity contribution is 6.04. The van der Waals surface area contributed by atoms with Crippen molar-refractivity contribution < 1.29 is 9.53 Å². The molecule has 5 heteroatoms. The molecule has 2 aromatic heterocycles. The monoisotopic (exact) mass is 337 g/mol. The molecule has 0 spiro atoms. The van der Waals surface area contributed by atoms with Crippen LogP contribution in [0.1, 0.15) is 42.5 Å². The smallest absolute Gasteiger partial charge is 0.274 e. The first-order valence-corrected chi connectivity index (χ1v) is 8.70. The molecule has 25 heavy (non-hydrogen) atoms. The van der Waals surface area contributed by atoms with Gasteiger partial charge in [0.25, 0.3) is 5.91 Å². The predicted molar refractivity (Wildman–Crippen MR) is 99.5 cm³/mol. The van der Waals surface area contributed by atoms with Crippen LogP contribution >= 0.6 is 0 Å². The lowest BCUT2D eigenvalue weighted by molar-refractivity contribution is 0.102. The first-order chi connectivity index (χ1) is 12.2. The summed E-state index contributed by atoms with van der Waals surface area (Å²) < 4.78 is 7.45. The number of carbonyl (C=O) groups excluding carboxylic acids is 1. The first kappa shape index (κ1) is 17.0. The van der Waals surface area contributed by atoms with Crippen molar-refractivity contribution in [1.29, 1.82) is 0 Å². The van der Waals surface area contributed by atoms with E-state index in [1.165, 1.54) is 5.56 Å². The number of aromatic nitrogens is 2. The molecule has 0 saturated heterocycles. The Morgan fingerprint density at radius 3 is 2.52 bits per heavy atom. The van der Waals surface area contributed by atoms with Crippen LogP contribution in [0.3, 0.4) is 0 Å². The number of anilines is 1. The summed E-state index contributed by atoms with van der Waals surface area (Å²) >= 11 is 0. The molecule has 0 bridgehead atoms. The Labute approximate surface area is 147 Å².